The third kappa shape index (κ3) is 3.27. The van der Waals surface area contributed by atoms with Gasteiger partial charge in [0.15, 0.2) is 0 Å². The van der Waals surface area contributed by atoms with Crippen molar-refractivity contribution in [2.75, 3.05) is 0 Å². The number of aromatic nitrogens is 4. The zero-order valence-corrected chi connectivity index (χ0v) is 16.0. The Morgan fingerprint density at radius 3 is 2.69 bits per heavy atom. The van der Waals surface area contributed by atoms with Crippen molar-refractivity contribution < 1.29 is 0 Å². The monoisotopic (exact) mass is 371 g/mol. The molecule has 0 aromatic carbocycles. The molecule has 4 rings (SSSR count). The van der Waals surface area contributed by atoms with Crippen molar-refractivity contribution in [3.63, 3.8) is 0 Å². The number of rotatable bonds is 5. The van der Waals surface area contributed by atoms with Crippen LogP contribution in [0, 0.1) is 13.8 Å². The fourth-order valence-corrected chi connectivity index (χ4v) is 3.58. The van der Waals surface area contributed by atoms with Crippen LogP contribution in [0.5, 0.6) is 0 Å². The molecule has 1 saturated carbocycles. The fraction of sp³-hybridized carbons (Fsp3) is 0.421. The maximum atomic E-state index is 12.4. The molecule has 6 nitrogen and oxygen atoms in total. The van der Waals surface area contributed by atoms with Crippen molar-refractivity contribution in [1.29, 1.82) is 0 Å². The Balaban J connectivity index is 1.64. The van der Waals surface area contributed by atoms with E-state index in [0.29, 0.717) is 23.3 Å². The normalized spacial score (nSPS) is 14.5. The highest BCUT2D eigenvalue weighted by atomic mass is 35.5. The molecular formula is C19H22ClN5O. The van der Waals surface area contributed by atoms with Gasteiger partial charge in [0.1, 0.15) is 5.65 Å². The van der Waals surface area contributed by atoms with Crippen LogP contribution in [-0.2, 0) is 20.1 Å². The van der Waals surface area contributed by atoms with Crippen LogP contribution in [0.1, 0.15) is 35.5 Å². The molecule has 136 valence electrons. The third-order valence-electron chi connectivity index (χ3n) is 5.12. The molecule has 1 aliphatic rings. The summed E-state index contributed by atoms with van der Waals surface area (Å²) in [6.07, 6.45) is 4.00. The maximum absolute atomic E-state index is 12.4. The maximum Gasteiger partial charge on any atom is 0.258 e. The Bertz CT molecular complexity index is 1030. The zero-order valence-electron chi connectivity index (χ0n) is 15.2. The van der Waals surface area contributed by atoms with Crippen LogP contribution in [0.15, 0.2) is 29.2 Å². The summed E-state index contributed by atoms with van der Waals surface area (Å²) in [4.78, 5) is 19.5. The molecule has 0 atom stereocenters. The zero-order chi connectivity index (χ0) is 18.4. The fourth-order valence-electron chi connectivity index (χ4n) is 3.42. The lowest BCUT2D eigenvalue weighted by molar-refractivity contribution is 0.242. The number of hydrogen-bond donors (Lipinski definition) is 0. The van der Waals surface area contributed by atoms with Gasteiger partial charge >= 0.3 is 0 Å². The van der Waals surface area contributed by atoms with Gasteiger partial charge in [-0.05, 0) is 38.8 Å². The van der Waals surface area contributed by atoms with Gasteiger partial charge in [0.2, 0.25) is 0 Å². The van der Waals surface area contributed by atoms with Crippen molar-refractivity contribution in [2.45, 2.75) is 45.8 Å². The Labute approximate surface area is 157 Å². The molecule has 0 radical (unpaired) electrons. The predicted molar refractivity (Wildman–Crippen MR) is 101 cm³/mol. The largest absolute Gasteiger partial charge is 0.290 e. The molecule has 0 aliphatic heterocycles. The Hall–Kier alpha value is -2.18. The molecule has 1 fully saturated rings. The lowest BCUT2D eigenvalue weighted by Crippen LogP contribution is -2.27. The molecule has 0 bridgehead atoms. The molecular weight excluding hydrogens is 350 g/mol. The summed E-state index contributed by atoms with van der Waals surface area (Å²) in [6.45, 7) is 5.65. The van der Waals surface area contributed by atoms with E-state index in [1.807, 2.05) is 11.7 Å². The second-order valence-electron chi connectivity index (χ2n) is 7.07. The number of hydrogen-bond acceptors (Lipinski definition) is 4. The quantitative estimate of drug-likeness (QED) is 0.692. The van der Waals surface area contributed by atoms with Gasteiger partial charge in [-0.15, -0.1) is 0 Å². The van der Waals surface area contributed by atoms with Gasteiger partial charge < -0.3 is 0 Å². The Morgan fingerprint density at radius 2 is 2.04 bits per heavy atom. The molecule has 1 aliphatic carbocycles. The van der Waals surface area contributed by atoms with Gasteiger partial charge in [-0.3, -0.25) is 18.8 Å². The van der Waals surface area contributed by atoms with E-state index in [2.05, 4.69) is 28.8 Å². The van der Waals surface area contributed by atoms with E-state index in [1.54, 1.807) is 24.4 Å². The highest BCUT2D eigenvalue weighted by molar-refractivity contribution is 6.30. The first-order valence-electron chi connectivity index (χ1n) is 8.83. The average molecular weight is 372 g/mol. The van der Waals surface area contributed by atoms with Crippen molar-refractivity contribution in [2.24, 2.45) is 7.05 Å². The second-order valence-corrected chi connectivity index (χ2v) is 7.51. The molecule has 0 N–H and O–H groups in total. The molecule has 26 heavy (non-hydrogen) atoms. The Morgan fingerprint density at radius 1 is 1.27 bits per heavy atom. The van der Waals surface area contributed by atoms with Crippen LogP contribution in [0.4, 0.5) is 0 Å². The van der Waals surface area contributed by atoms with E-state index in [0.717, 1.165) is 17.9 Å². The summed E-state index contributed by atoms with van der Waals surface area (Å²) in [5, 5.41) is 5.05. The summed E-state index contributed by atoms with van der Waals surface area (Å²) >= 11 is 5.98. The van der Waals surface area contributed by atoms with Crippen LogP contribution >= 0.6 is 11.6 Å². The lowest BCUT2D eigenvalue weighted by atomic mass is 10.1. The van der Waals surface area contributed by atoms with E-state index in [-0.39, 0.29) is 5.56 Å². The number of aryl methyl sites for hydroxylation is 2. The Kier molecular flexibility index (Phi) is 4.32. The first-order chi connectivity index (χ1) is 12.4. The number of nitrogens with zero attached hydrogens (tertiary/aromatic N) is 5. The SMILES string of the molecule is Cc1nn(C)c(C)c1CN(Cc1cc(=O)n2cc(Cl)ccc2n1)C1CC1. The van der Waals surface area contributed by atoms with Crippen molar-refractivity contribution >= 4 is 17.2 Å². The minimum Gasteiger partial charge on any atom is -0.290 e. The minimum atomic E-state index is -0.100. The molecule has 3 aromatic rings. The number of fused-ring (bicyclic) bond motifs is 1. The topological polar surface area (TPSA) is 55.4 Å². The highest BCUT2D eigenvalue weighted by Gasteiger charge is 2.30. The summed E-state index contributed by atoms with van der Waals surface area (Å²) in [5.41, 5.74) is 4.84. The minimum absolute atomic E-state index is 0.100. The van der Waals surface area contributed by atoms with E-state index in [9.17, 15) is 4.79 Å². The molecule has 3 aromatic heterocycles. The van der Waals surface area contributed by atoms with Gasteiger partial charge in [-0.2, -0.15) is 5.10 Å². The highest BCUT2D eigenvalue weighted by Crippen LogP contribution is 2.30. The first-order valence-corrected chi connectivity index (χ1v) is 9.21. The van der Waals surface area contributed by atoms with E-state index < -0.39 is 0 Å². The smallest absolute Gasteiger partial charge is 0.258 e. The summed E-state index contributed by atoms with van der Waals surface area (Å²) in [6, 6.07) is 5.71. The molecule has 7 heteroatoms. The van der Waals surface area contributed by atoms with Gasteiger partial charge in [0, 0.05) is 49.7 Å². The first kappa shape index (κ1) is 17.2. The third-order valence-corrected chi connectivity index (χ3v) is 5.35. The van der Waals surface area contributed by atoms with Gasteiger partial charge in [-0.1, -0.05) is 11.6 Å². The van der Waals surface area contributed by atoms with E-state index in [1.165, 1.54) is 28.5 Å². The molecule has 0 amide bonds. The summed E-state index contributed by atoms with van der Waals surface area (Å²) < 4.78 is 3.42. The van der Waals surface area contributed by atoms with Crippen LogP contribution in [0.2, 0.25) is 5.02 Å². The van der Waals surface area contributed by atoms with E-state index >= 15 is 0 Å². The van der Waals surface area contributed by atoms with Gasteiger partial charge in [0.05, 0.1) is 16.4 Å². The lowest BCUT2D eigenvalue weighted by Gasteiger charge is -2.22. The molecule has 3 heterocycles. The van der Waals surface area contributed by atoms with Gasteiger partial charge in [0.25, 0.3) is 5.56 Å². The van der Waals surface area contributed by atoms with Crippen molar-refractivity contribution in [3.8, 4) is 0 Å². The molecule has 0 spiro atoms. The number of pyridine rings is 1. The second kappa shape index (κ2) is 6.52. The van der Waals surface area contributed by atoms with Crippen LogP contribution in [0.3, 0.4) is 0 Å². The van der Waals surface area contributed by atoms with E-state index in [4.69, 9.17) is 11.6 Å². The number of halogens is 1. The van der Waals surface area contributed by atoms with Crippen LogP contribution in [-0.4, -0.2) is 30.1 Å². The molecule has 0 unspecified atom stereocenters. The van der Waals surface area contributed by atoms with Crippen LogP contribution < -0.4 is 5.56 Å². The molecule has 0 saturated heterocycles. The van der Waals surface area contributed by atoms with Crippen molar-refractivity contribution in [3.05, 3.63) is 62.4 Å². The predicted octanol–water partition coefficient (Wildman–Crippen LogP) is 2.86. The van der Waals surface area contributed by atoms with Crippen LogP contribution in [0.25, 0.3) is 5.65 Å². The summed E-state index contributed by atoms with van der Waals surface area (Å²) in [7, 11) is 1.98. The average Bonchev–Trinajstić information content (AvgIpc) is 3.40. The summed E-state index contributed by atoms with van der Waals surface area (Å²) in [5.74, 6) is 0. The van der Waals surface area contributed by atoms with Gasteiger partial charge in [-0.25, -0.2) is 4.98 Å². The van der Waals surface area contributed by atoms with Crippen molar-refractivity contribution in [1.82, 2.24) is 24.1 Å². The standard InChI is InChI=1S/C19H22ClN5O/c1-12-17(13(2)23(3)22-12)11-24(16-5-6-16)10-15-8-19(26)25-9-14(20)4-7-18(25)21-15/h4,7-9,16H,5-6,10-11H2,1-3H3.